The third-order valence-electron chi connectivity index (χ3n) is 7.06. The van der Waals surface area contributed by atoms with E-state index in [0.717, 1.165) is 21.3 Å². The number of rotatable bonds is 6. The highest BCUT2D eigenvalue weighted by Gasteiger charge is 2.38. The van der Waals surface area contributed by atoms with Crippen LogP contribution in [0.2, 0.25) is 0 Å². The third-order valence-corrected chi connectivity index (χ3v) is 7.90. The first kappa shape index (κ1) is 24.3. The Labute approximate surface area is 211 Å². The minimum Gasteiger partial charge on any atom is -0.395 e. The van der Waals surface area contributed by atoms with Crippen molar-refractivity contribution >= 4 is 44.7 Å². The number of Topliss-reactive ketones (excluding diaryl/α,β-unsaturated/α-hetero) is 1. The number of carbonyl (C=O) groups is 2. The van der Waals surface area contributed by atoms with Gasteiger partial charge in [-0.1, -0.05) is 0 Å². The lowest BCUT2D eigenvalue weighted by atomic mass is 9.86. The van der Waals surface area contributed by atoms with E-state index in [1.807, 2.05) is 17.5 Å². The van der Waals surface area contributed by atoms with Crippen molar-refractivity contribution in [3.05, 3.63) is 41.2 Å². The largest absolute Gasteiger partial charge is 0.395 e. The van der Waals surface area contributed by atoms with Crippen LogP contribution < -0.4 is 5.73 Å². The predicted octanol–water partition coefficient (Wildman–Crippen LogP) is 2.49. The Morgan fingerprint density at radius 3 is 2.61 bits per heavy atom. The van der Waals surface area contributed by atoms with Gasteiger partial charge in [0.25, 0.3) is 0 Å². The maximum atomic E-state index is 12.9. The van der Waals surface area contributed by atoms with Gasteiger partial charge in [0.1, 0.15) is 10.6 Å². The van der Waals surface area contributed by atoms with Crippen LogP contribution in [0.25, 0.3) is 27.0 Å². The Bertz CT molecular complexity index is 1470. The lowest BCUT2D eigenvalue weighted by Gasteiger charge is -2.37. The number of likely N-dealkylation sites (tertiary alicyclic amines) is 1. The summed E-state index contributed by atoms with van der Waals surface area (Å²) in [6.45, 7) is 3.01. The summed E-state index contributed by atoms with van der Waals surface area (Å²) in [4.78, 5) is 37.6. The fourth-order valence-electron chi connectivity index (χ4n) is 4.82. The third kappa shape index (κ3) is 3.93. The number of nitrogen functional groups attached to an aromatic ring is 1. The molecule has 1 saturated heterocycles. The van der Waals surface area contributed by atoms with Gasteiger partial charge in [-0.15, -0.1) is 11.3 Å². The van der Waals surface area contributed by atoms with Crippen molar-refractivity contribution in [2.45, 2.75) is 32.6 Å². The van der Waals surface area contributed by atoms with Crippen molar-refractivity contribution in [3.8, 4) is 11.1 Å². The first-order valence-corrected chi connectivity index (χ1v) is 12.7. The molecule has 0 spiro atoms. The number of aromatic nitrogens is 4. The number of fused-ring (bicyclic) bond motifs is 2. The molecule has 1 aliphatic rings. The number of pyridine rings is 1. The zero-order valence-corrected chi connectivity index (χ0v) is 21.0. The number of aliphatic hydroxyl groups is 2. The van der Waals surface area contributed by atoms with Crippen LogP contribution in [-0.4, -0.2) is 72.7 Å². The molecule has 0 atom stereocenters. The van der Waals surface area contributed by atoms with Gasteiger partial charge in [0.2, 0.25) is 5.91 Å². The number of hydrogen-bond donors (Lipinski definition) is 3. The molecular weight excluding hydrogens is 480 g/mol. The van der Waals surface area contributed by atoms with E-state index in [1.54, 1.807) is 35.6 Å². The van der Waals surface area contributed by atoms with Crippen molar-refractivity contribution in [3.63, 3.8) is 0 Å². The first-order valence-electron chi connectivity index (χ1n) is 11.8. The molecule has 4 N–H and O–H groups in total. The summed E-state index contributed by atoms with van der Waals surface area (Å²) in [5, 5.41) is 26.7. The molecule has 5 heterocycles. The number of nitrogens with zero attached hydrogens (tertiary/aromatic N) is 5. The summed E-state index contributed by atoms with van der Waals surface area (Å²) in [6, 6.07) is 4.05. The predicted molar refractivity (Wildman–Crippen MR) is 137 cm³/mol. The normalized spacial score (nSPS) is 15.2. The van der Waals surface area contributed by atoms with Crippen molar-refractivity contribution in [2.24, 2.45) is 5.41 Å². The van der Waals surface area contributed by atoms with Gasteiger partial charge in [0.15, 0.2) is 11.4 Å². The summed E-state index contributed by atoms with van der Waals surface area (Å²) in [5.74, 6) is -0.322. The smallest absolute Gasteiger partial charge is 0.233 e. The zero-order valence-electron chi connectivity index (χ0n) is 20.1. The topological polar surface area (TPSA) is 147 Å². The van der Waals surface area contributed by atoms with E-state index < -0.39 is 18.6 Å². The molecule has 36 heavy (non-hydrogen) atoms. The maximum Gasteiger partial charge on any atom is 0.233 e. The first-order chi connectivity index (χ1) is 17.3. The fourth-order valence-corrected chi connectivity index (χ4v) is 5.54. The Balaban J connectivity index is 1.52. The molecule has 4 aromatic rings. The van der Waals surface area contributed by atoms with Crippen molar-refractivity contribution in [1.29, 1.82) is 0 Å². The van der Waals surface area contributed by atoms with E-state index in [4.69, 9.17) is 10.7 Å². The van der Waals surface area contributed by atoms with Crippen LogP contribution in [0.5, 0.6) is 0 Å². The molecule has 0 bridgehead atoms. The van der Waals surface area contributed by atoms with Gasteiger partial charge < -0.3 is 20.8 Å². The molecule has 4 aromatic heterocycles. The Morgan fingerprint density at radius 1 is 1.22 bits per heavy atom. The van der Waals surface area contributed by atoms with E-state index in [-0.39, 0.29) is 23.4 Å². The van der Waals surface area contributed by atoms with Crippen LogP contribution >= 0.6 is 11.3 Å². The van der Waals surface area contributed by atoms with Crippen molar-refractivity contribution < 1.29 is 19.8 Å². The quantitative estimate of drug-likeness (QED) is 0.337. The van der Waals surface area contributed by atoms with Gasteiger partial charge in [-0.25, -0.2) is 9.97 Å². The number of hydrogen-bond acceptors (Lipinski definition) is 9. The molecule has 1 fully saturated rings. The monoisotopic (exact) mass is 508 g/mol. The Kier molecular flexibility index (Phi) is 6.23. The van der Waals surface area contributed by atoms with Crippen LogP contribution in [0, 0.1) is 5.41 Å². The second kappa shape index (κ2) is 9.23. The highest BCUT2D eigenvalue weighted by atomic mass is 32.1. The Morgan fingerprint density at radius 2 is 1.94 bits per heavy atom. The summed E-state index contributed by atoms with van der Waals surface area (Å²) in [5.41, 5.74) is 8.39. The van der Waals surface area contributed by atoms with Gasteiger partial charge >= 0.3 is 0 Å². The van der Waals surface area contributed by atoms with E-state index in [1.165, 1.54) is 11.4 Å². The highest BCUT2D eigenvalue weighted by Crippen LogP contribution is 2.36. The highest BCUT2D eigenvalue weighted by molar-refractivity contribution is 7.16. The number of carbonyl (C=O) groups excluding carboxylic acids is 2. The number of nitrogens with two attached hydrogens (primary N) is 1. The number of anilines is 1. The van der Waals surface area contributed by atoms with Gasteiger partial charge in [0.05, 0.1) is 36.1 Å². The standard InChI is InChI=1S/C25H28N6O4S/c1-14(34)19-20(15-3-6-30(7-4-15)24(35)25(2,12-32)13-33)29-22-18(11-28-31(22)21(19)26)17-9-16-5-8-36-23(16)27-10-17/h5,8-11,15,32-33H,3-4,6-7,12-13,26H2,1-2H3. The zero-order chi connectivity index (χ0) is 25.6. The number of ketones is 1. The number of piperidine rings is 1. The average Bonchev–Trinajstić information content (AvgIpc) is 3.54. The van der Waals surface area contributed by atoms with Crippen LogP contribution in [0.4, 0.5) is 5.82 Å². The van der Waals surface area contributed by atoms with E-state index in [2.05, 4.69) is 10.1 Å². The van der Waals surface area contributed by atoms with Crippen molar-refractivity contribution in [2.75, 3.05) is 32.0 Å². The average molecular weight is 509 g/mol. The molecule has 0 aliphatic carbocycles. The second-order valence-corrected chi connectivity index (χ2v) is 10.5. The lowest BCUT2D eigenvalue weighted by Crippen LogP contribution is -2.49. The van der Waals surface area contributed by atoms with E-state index in [0.29, 0.717) is 42.8 Å². The molecule has 0 aromatic carbocycles. The fraction of sp³-hybridized carbons (Fsp3) is 0.400. The summed E-state index contributed by atoms with van der Waals surface area (Å²) < 4.78 is 1.50. The second-order valence-electron chi connectivity index (χ2n) is 9.59. The molecule has 1 amide bonds. The van der Waals surface area contributed by atoms with Gasteiger partial charge in [0, 0.05) is 41.7 Å². The SMILES string of the molecule is CC(=O)c1c(C2CCN(C(=O)C(C)(CO)CO)CC2)nc2c(-c3cnc4sccc4c3)cnn2c1N. The molecule has 10 nitrogen and oxygen atoms in total. The summed E-state index contributed by atoms with van der Waals surface area (Å²) in [6.07, 6.45) is 4.63. The molecule has 5 rings (SSSR count). The summed E-state index contributed by atoms with van der Waals surface area (Å²) in [7, 11) is 0. The molecular formula is C25H28N6O4S. The van der Waals surface area contributed by atoms with Crippen molar-refractivity contribution in [1.82, 2.24) is 24.5 Å². The van der Waals surface area contributed by atoms with Crippen LogP contribution in [0.1, 0.15) is 48.7 Å². The summed E-state index contributed by atoms with van der Waals surface area (Å²) >= 11 is 1.57. The maximum absolute atomic E-state index is 12.9. The Hall–Kier alpha value is -3.41. The van der Waals surface area contributed by atoms with Gasteiger partial charge in [-0.3, -0.25) is 9.59 Å². The molecule has 11 heteroatoms. The minimum atomic E-state index is -1.22. The van der Waals surface area contributed by atoms with Crippen LogP contribution in [-0.2, 0) is 4.79 Å². The van der Waals surface area contributed by atoms with Gasteiger partial charge in [-0.05, 0) is 44.2 Å². The number of aliphatic hydroxyl groups excluding tert-OH is 2. The lowest BCUT2D eigenvalue weighted by molar-refractivity contribution is -0.147. The van der Waals surface area contributed by atoms with Gasteiger partial charge in [-0.2, -0.15) is 9.61 Å². The molecule has 0 saturated carbocycles. The number of amides is 1. The van der Waals surface area contributed by atoms with Crippen LogP contribution in [0.3, 0.4) is 0 Å². The minimum absolute atomic E-state index is 0.0880. The number of thiophene rings is 1. The van der Waals surface area contributed by atoms with E-state index >= 15 is 0 Å². The van der Waals surface area contributed by atoms with E-state index in [9.17, 15) is 19.8 Å². The molecule has 1 aliphatic heterocycles. The molecule has 0 radical (unpaired) electrons. The molecule has 0 unspecified atom stereocenters. The van der Waals surface area contributed by atoms with Crippen LogP contribution in [0.15, 0.2) is 29.9 Å². The molecule has 188 valence electrons.